The van der Waals surface area contributed by atoms with E-state index < -0.39 is 0 Å². The fraction of sp³-hybridized carbons (Fsp3) is 0.400. The number of hydrogen-bond acceptors (Lipinski definition) is 4. The summed E-state index contributed by atoms with van der Waals surface area (Å²) in [5.74, 6) is 0.220. The minimum Gasteiger partial charge on any atom is -0.396 e. The Morgan fingerprint density at radius 1 is 1.53 bits per heavy atom. The normalized spacial score (nSPS) is 19.7. The molecule has 5 heteroatoms. The third-order valence-corrected chi connectivity index (χ3v) is 4.36. The van der Waals surface area contributed by atoms with E-state index in [1.54, 1.807) is 11.3 Å². The second kappa shape index (κ2) is 3.40. The quantitative estimate of drug-likeness (QED) is 0.779. The van der Waals surface area contributed by atoms with Crippen LogP contribution in [0.2, 0.25) is 5.15 Å². The maximum Gasteiger partial charge on any atom is 0.141 e. The average Bonchev–Trinajstić information content (AvgIpc) is 2.75. The lowest BCUT2D eigenvalue weighted by Gasteiger charge is -2.06. The minimum absolute atomic E-state index is 0.185. The van der Waals surface area contributed by atoms with Crippen LogP contribution in [0.3, 0.4) is 0 Å². The molecule has 15 heavy (non-hydrogen) atoms. The van der Waals surface area contributed by atoms with E-state index in [1.807, 2.05) is 0 Å². The Morgan fingerprint density at radius 3 is 3.20 bits per heavy atom. The number of fused-ring (bicyclic) bond motifs is 3. The summed E-state index contributed by atoms with van der Waals surface area (Å²) >= 11 is 7.75. The van der Waals surface area contributed by atoms with Gasteiger partial charge in [-0.15, -0.1) is 11.3 Å². The van der Waals surface area contributed by atoms with Crippen LogP contribution >= 0.6 is 22.9 Å². The van der Waals surface area contributed by atoms with Crippen molar-refractivity contribution in [3.05, 3.63) is 21.9 Å². The van der Waals surface area contributed by atoms with Gasteiger partial charge in [-0.3, -0.25) is 0 Å². The van der Waals surface area contributed by atoms with Gasteiger partial charge in [-0.1, -0.05) is 11.6 Å². The van der Waals surface area contributed by atoms with E-state index in [2.05, 4.69) is 9.97 Å². The van der Waals surface area contributed by atoms with Crippen LogP contribution in [-0.4, -0.2) is 21.7 Å². The second-order valence-corrected chi connectivity index (χ2v) is 5.14. The summed E-state index contributed by atoms with van der Waals surface area (Å²) in [6.07, 6.45) is 3.53. The lowest BCUT2D eigenvalue weighted by atomic mass is 10.0. The van der Waals surface area contributed by atoms with Crippen LogP contribution in [0, 0.1) is 0 Å². The molecule has 2 aromatic rings. The molecule has 2 aromatic heterocycles. The second-order valence-electron chi connectivity index (χ2n) is 3.70. The maximum absolute atomic E-state index is 9.30. The van der Waals surface area contributed by atoms with Gasteiger partial charge in [-0.25, -0.2) is 9.97 Å². The maximum atomic E-state index is 9.30. The molecule has 0 aliphatic heterocycles. The number of halogens is 1. The highest BCUT2D eigenvalue weighted by molar-refractivity contribution is 7.19. The van der Waals surface area contributed by atoms with Crippen LogP contribution in [0.1, 0.15) is 22.8 Å². The topological polar surface area (TPSA) is 46.0 Å². The summed E-state index contributed by atoms with van der Waals surface area (Å²) in [6, 6.07) is 0. The largest absolute Gasteiger partial charge is 0.396 e. The third-order valence-electron chi connectivity index (χ3n) is 2.90. The molecule has 0 bridgehead atoms. The van der Waals surface area contributed by atoms with Crippen molar-refractivity contribution in [3.63, 3.8) is 0 Å². The van der Waals surface area contributed by atoms with Crippen LogP contribution in [-0.2, 0) is 6.42 Å². The molecule has 3 rings (SSSR count). The Bertz CT molecular complexity index is 525. The van der Waals surface area contributed by atoms with E-state index >= 15 is 0 Å². The van der Waals surface area contributed by atoms with Crippen LogP contribution in [0.5, 0.6) is 0 Å². The first-order valence-corrected chi connectivity index (χ1v) is 6.03. The molecule has 0 fully saturated rings. The highest BCUT2D eigenvalue weighted by Crippen LogP contribution is 2.44. The minimum atomic E-state index is 0.185. The van der Waals surface area contributed by atoms with Gasteiger partial charge in [0.1, 0.15) is 16.3 Å². The third kappa shape index (κ3) is 1.29. The molecular weight excluding hydrogens is 232 g/mol. The number of aliphatic hydroxyl groups is 1. The van der Waals surface area contributed by atoms with Gasteiger partial charge in [0.05, 0.1) is 12.0 Å². The molecule has 0 aromatic carbocycles. The first-order valence-electron chi connectivity index (χ1n) is 4.84. The molecule has 1 N–H and O–H groups in total. The lowest BCUT2D eigenvalue weighted by Crippen LogP contribution is -1.99. The van der Waals surface area contributed by atoms with E-state index in [0.717, 1.165) is 23.1 Å². The van der Waals surface area contributed by atoms with Gasteiger partial charge < -0.3 is 5.11 Å². The summed E-state index contributed by atoms with van der Waals surface area (Å²) in [5.41, 5.74) is 1.18. The summed E-state index contributed by atoms with van der Waals surface area (Å²) in [5, 5.41) is 10.8. The molecule has 0 spiro atoms. The number of rotatable bonds is 1. The molecule has 0 unspecified atom stereocenters. The van der Waals surface area contributed by atoms with Gasteiger partial charge in [-0.05, 0) is 18.4 Å². The molecule has 0 saturated carbocycles. The van der Waals surface area contributed by atoms with Crippen molar-refractivity contribution in [2.24, 2.45) is 0 Å². The molecule has 1 aliphatic rings. The van der Waals surface area contributed by atoms with Gasteiger partial charge in [-0.2, -0.15) is 0 Å². The molecule has 78 valence electrons. The predicted molar refractivity (Wildman–Crippen MR) is 60.6 cm³/mol. The van der Waals surface area contributed by atoms with E-state index in [1.165, 1.54) is 16.8 Å². The van der Waals surface area contributed by atoms with Crippen molar-refractivity contribution >= 4 is 33.2 Å². The van der Waals surface area contributed by atoms with Crippen molar-refractivity contribution < 1.29 is 5.11 Å². The summed E-state index contributed by atoms with van der Waals surface area (Å²) in [7, 11) is 0. The van der Waals surface area contributed by atoms with Crippen molar-refractivity contribution in [3.8, 4) is 0 Å². The first kappa shape index (κ1) is 9.51. The smallest absolute Gasteiger partial charge is 0.141 e. The number of aliphatic hydroxyl groups excluding tert-OH is 1. The number of hydrogen-bond donors (Lipinski definition) is 1. The Hall–Kier alpha value is -0.710. The SMILES string of the molecule is OC[C@H]1CCc2sc3ncnc(Cl)c3c21. The van der Waals surface area contributed by atoms with E-state index in [-0.39, 0.29) is 12.5 Å². The lowest BCUT2D eigenvalue weighted by molar-refractivity contribution is 0.265. The zero-order valence-corrected chi connectivity index (χ0v) is 9.48. The van der Waals surface area contributed by atoms with Gasteiger partial charge in [0.25, 0.3) is 0 Å². The molecule has 0 radical (unpaired) electrons. The van der Waals surface area contributed by atoms with Gasteiger partial charge in [0.15, 0.2) is 0 Å². The van der Waals surface area contributed by atoms with E-state index in [9.17, 15) is 5.11 Å². The Labute approximate surface area is 95.7 Å². The van der Waals surface area contributed by atoms with Crippen molar-refractivity contribution in [2.75, 3.05) is 6.61 Å². The van der Waals surface area contributed by atoms with Crippen LogP contribution in [0.15, 0.2) is 6.33 Å². The molecular formula is C10H9ClN2OS. The Morgan fingerprint density at radius 2 is 2.40 bits per heavy atom. The fourth-order valence-electron chi connectivity index (χ4n) is 2.21. The molecule has 1 aliphatic carbocycles. The summed E-state index contributed by atoms with van der Waals surface area (Å²) in [6.45, 7) is 0.185. The Balaban J connectivity index is 2.34. The molecule has 3 nitrogen and oxygen atoms in total. The molecule has 0 amide bonds. The highest BCUT2D eigenvalue weighted by atomic mass is 35.5. The molecule has 1 atom stereocenters. The Kier molecular flexibility index (Phi) is 2.16. The van der Waals surface area contributed by atoms with E-state index in [4.69, 9.17) is 11.6 Å². The van der Waals surface area contributed by atoms with Crippen molar-refractivity contribution in [1.82, 2.24) is 9.97 Å². The number of aromatic nitrogens is 2. The first-order chi connectivity index (χ1) is 7.31. The number of aryl methyl sites for hydroxylation is 1. The molecule has 2 heterocycles. The van der Waals surface area contributed by atoms with Crippen molar-refractivity contribution in [2.45, 2.75) is 18.8 Å². The summed E-state index contributed by atoms with van der Waals surface area (Å²) in [4.78, 5) is 10.5. The van der Waals surface area contributed by atoms with Crippen LogP contribution in [0.4, 0.5) is 0 Å². The monoisotopic (exact) mass is 240 g/mol. The van der Waals surface area contributed by atoms with E-state index in [0.29, 0.717) is 5.15 Å². The zero-order chi connectivity index (χ0) is 10.4. The van der Waals surface area contributed by atoms with Crippen molar-refractivity contribution in [1.29, 1.82) is 0 Å². The number of thiophene rings is 1. The number of nitrogens with zero attached hydrogens (tertiary/aromatic N) is 2. The standard InChI is InChI=1S/C10H9ClN2OS/c11-9-8-7-5(3-14)1-2-6(7)15-10(8)13-4-12-9/h4-5,14H,1-3H2/t5-/m1/s1. The van der Waals surface area contributed by atoms with Crippen LogP contribution < -0.4 is 0 Å². The summed E-state index contributed by atoms with van der Waals surface area (Å²) < 4.78 is 0. The van der Waals surface area contributed by atoms with Crippen LogP contribution in [0.25, 0.3) is 10.2 Å². The predicted octanol–water partition coefficient (Wildman–Crippen LogP) is 2.37. The zero-order valence-electron chi connectivity index (χ0n) is 7.90. The average molecular weight is 241 g/mol. The van der Waals surface area contributed by atoms with Gasteiger partial charge in [0, 0.05) is 10.8 Å². The van der Waals surface area contributed by atoms with Gasteiger partial charge >= 0.3 is 0 Å². The molecule has 0 saturated heterocycles. The fourth-order valence-corrected chi connectivity index (χ4v) is 3.75. The van der Waals surface area contributed by atoms with Gasteiger partial charge in [0.2, 0.25) is 0 Å². The highest BCUT2D eigenvalue weighted by Gasteiger charge is 2.28.